The maximum atomic E-state index is 13.2. The normalized spacial score (nSPS) is 16.8. The first-order chi connectivity index (χ1) is 28.5. The van der Waals surface area contributed by atoms with Gasteiger partial charge < -0.3 is 35.1 Å². The van der Waals surface area contributed by atoms with Crippen LogP contribution in [0.2, 0.25) is 5.02 Å². The molecular formula is C42H51ClN8O7S2. The molecule has 2 aromatic heterocycles. The fourth-order valence-electron chi connectivity index (χ4n) is 7.46. The number of hydrogen-bond acceptors (Lipinski definition) is 11. The number of aliphatic imine (C=N–C) groups is 1. The topological polar surface area (TPSA) is 178 Å². The molecule has 18 heteroatoms. The summed E-state index contributed by atoms with van der Waals surface area (Å²) in [5.41, 5.74) is 5.95. The van der Waals surface area contributed by atoms with Crippen LogP contribution in [0.15, 0.2) is 47.5 Å². The van der Waals surface area contributed by atoms with Gasteiger partial charge in [-0.3, -0.25) is 28.7 Å². The van der Waals surface area contributed by atoms with E-state index < -0.39 is 6.04 Å². The van der Waals surface area contributed by atoms with Gasteiger partial charge in [-0.15, -0.1) is 21.5 Å². The van der Waals surface area contributed by atoms with E-state index in [1.165, 1.54) is 4.88 Å². The average Bonchev–Trinajstić information content (AvgIpc) is 3.86. The van der Waals surface area contributed by atoms with E-state index in [1.54, 1.807) is 28.4 Å². The van der Waals surface area contributed by atoms with Crippen LogP contribution in [-0.4, -0.2) is 114 Å². The lowest BCUT2D eigenvalue weighted by Crippen LogP contribution is -2.49. The van der Waals surface area contributed by atoms with Crippen LogP contribution in [0.5, 0.6) is 0 Å². The fourth-order valence-corrected chi connectivity index (χ4v) is 8.80. The molecule has 0 spiro atoms. The first kappa shape index (κ1) is 44.9. The molecular weight excluding hydrogens is 828 g/mol. The number of fused-ring (bicyclic) bond motifs is 4. The van der Waals surface area contributed by atoms with Crippen LogP contribution in [0.1, 0.15) is 80.9 Å². The number of ether oxygens (including phenoxy) is 3. The van der Waals surface area contributed by atoms with Crippen molar-refractivity contribution in [1.82, 2.24) is 30.3 Å². The molecule has 1 fully saturated rings. The van der Waals surface area contributed by atoms with Gasteiger partial charge in [-0.05, 0) is 69.0 Å². The summed E-state index contributed by atoms with van der Waals surface area (Å²) in [6.45, 7) is 9.42. The number of piperidine rings is 1. The standard InChI is InChI=1S/C42H49ClN8O7S.H2S/c1-25-26(2)59-42-38(25)39(28-8-10-31(43)11-9-28)47-34(40-49-48-27(3)51(40)42)23-36(53)44-13-16-57-18-20-58-19-17-56-15-12-35(52)45-32-5-4-14-50(24-32)41(55)30-7-6-29-22-37(54)46-33(29)21-30;/h6-11,21,32,34H,4-5,12-20,22-24H2,1-3H3,(H,44,53)(H,45,52)(H,46,54);1H2/t32?,34-;/m0./s1. The minimum atomic E-state index is -0.554. The van der Waals surface area contributed by atoms with Crippen LogP contribution in [-0.2, 0) is 35.0 Å². The summed E-state index contributed by atoms with van der Waals surface area (Å²) in [6.07, 6.45) is 2.20. The number of halogens is 1. The van der Waals surface area contributed by atoms with Gasteiger partial charge in [0.05, 0.1) is 58.2 Å². The predicted octanol–water partition coefficient (Wildman–Crippen LogP) is 4.77. The van der Waals surface area contributed by atoms with Crippen LogP contribution in [0.25, 0.3) is 5.00 Å². The van der Waals surface area contributed by atoms with E-state index in [2.05, 4.69) is 40.0 Å². The van der Waals surface area contributed by atoms with Crippen LogP contribution in [0.4, 0.5) is 5.69 Å². The number of hydrogen-bond donors (Lipinski definition) is 3. The zero-order chi connectivity index (χ0) is 41.5. The number of rotatable bonds is 17. The summed E-state index contributed by atoms with van der Waals surface area (Å²) < 4.78 is 18.9. The third kappa shape index (κ3) is 10.8. The number of carbonyl (C=O) groups is 4. The molecule has 2 atom stereocenters. The average molecular weight is 880 g/mol. The second-order valence-electron chi connectivity index (χ2n) is 14.8. The van der Waals surface area contributed by atoms with Gasteiger partial charge in [0, 0.05) is 64.4 Å². The number of thiophene rings is 1. The van der Waals surface area contributed by atoms with Crippen LogP contribution in [0.3, 0.4) is 0 Å². The molecule has 0 aliphatic carbocycles. The molecule has 3 aliphatic heterocycles. The first-order valence-corrected chi connectivity index (χ1v) is 21.1. The maximum absolute atomic E-state index is 13.2. The van der Waals surface area contributed by atoms with Gasteiger partial charge in [-0.2, -0.15) is 13.5 Å². The van der Waals surface area contributed by atoms with Crippen molar-refractivity contribution in [2.75, 3.05) is 64.6 Å². The van der Waals surface area contributed by atoms with Gasteiger partial charge in [0.15, 0.2) is 5.82 Å². The lowest BCUT2D eigenvalue weighted by molar-refractivity contribution is -0.123. The monoisotopic (exact) mass is 878 g/mol. The Balaban J connectivity index is 0.00000604. The molecule has 60 heavy (non-hydrogen) atoms. The maximum Gasteiger partial charge on any atom is 0.253 e. The Bertz CT molecular complexity index is 2230. The summed E-state index contributed by atoms with van der Waals surface area (Å²) in [5, 5.41) is 19.2. The van der Waals surface area contributed by atoms with E-state index in [0.717, 1.165) is 51.6 Å². The highest BCUT2D eigenvalue weighted by Gasteiger charge is 2.33. The number of likely N-dealkylation sites (tertiary alicyclic amines) is 1. The van der Waals surface area contributed by atoms with Crippen LogP contribution >= 0.6 is 36.4 Å². The molecule has 3 N–H and O–H groups in total. The second kappa shape index (κ2) is 20.7. The molecule has 7 rings (SSSR count). The minimum Gasteiger partial charge on any atom is -0.379 e. The highest BCUT2D eigenvalue weighted by Crippen LogP contribution is 2.39. The van der Waals surface area contributed by atoms with E-state index in [0.29, 0.717) is 81.2 Å². The minimum absolute atomic E-state index is 0. The Morgan fingerprint density at radius 1 is 0.950 bits per heavy atom. The van der Waals surface area contributed by atoms with Gasteiger partial charge in [0.1, 0.15) is 16.9 Å². The predicted molar refractivity (Wildman–Crippen MR) is 234 cm³/mol. The van der Waals surface area contributed by atoms with Crippen molar-refractivity contribution in [1.29, 1.82) is 0 Å². The number of nitrogens with one attached hydrogen (secondary N) is 3. The molecule has 4 aromatic rings. The van der Waals surface area contributed by atoms with E-state index in [1.807, 2.05) is 41.8 Å². The molecule has 320 valence electrons. The number of aromatic nitrogens is 3. The van der Waals surface area contributed by atoms with Gasteiger partial charge in [0.25, 0.3) is 5.91 Å². The lowest BCUT2D eigenvalue weighted by Gasteiger charge is -2.33. The third-order valence-corrected chi connectivity index (χ3v) is 12.0. The highest BCUT2D eigenvalue weighted by molar-refractivity contribution is 7.59. The number of benzene rings is 2. The van der Waals surface area contributed by atoms with Crippen molar-refractivity contribution in [2.24, 2.45) is 4.99 Å². The Morgan fingerprint density at radius 2 is 1.68 bits per heavy atom. The van der Waals surface area contributed by atoms with Crippen molar-refractivity contribution in [3.8, 4) is 5.00 Å². The number of nitrogens with zero attached hydrogens (tertiary/aromatic N) is 5. The summed E-state index contributed by atoms with van der Waals surface area (Å²) in [6, 6.07) is 12.2. The summed E-state index contributed by atoms with van der Waals surface area (Å²) in [4.78, 5) is 58.7. The summed E-state index contributed by atoms with van der Waals surface area (Å²) in [5.74, 6) is 0.867. The zero-order valence-corrected chi connectivity index (χ0v) is 36.5. The molecule has 2 aromatic carbocycles. The number of anilines is 1. The Kier molecular flexibility index (Phi) is 15.5. The zero-order valence-electron chi connectivity index (χ0n) is 34.0. The molecule has 1 saturated heterocycles. The van der Waals surface area contributed by atoms with Crippen LogP contribution < -0.4 is 16.0 Å². The highest BCUT2D eigenvalue weighted by atomic mass is 35.5. The quantitative estimate of drug-likeness (QED) is 0.126. The molecule has 0 radical (unpaired) electrons. The Hall–Kier alpha value is -4.65. The molecule has 4 amide bonds. The van der Waals surface area contributed by atoms with Crippen LogP contribution in [0, 0.1) is 20.8 Å². The molecule has 15 nitrogen and oxygen atoms in total. The van der Waals surface area contributed by atoms with Gasteiger partial charge in [0.2, 0.25) is 17.7 Å². The first-order valence-electron chi connectivity index (χ1n) is 19.9. The third-order valence-electron chi connectivity index (χ3n) is 10.6. The van der Waals surface area contributed by atoms with Crippen molar-refractivity contribution in [3.05, 3.63) is 91.8 Å². The van der Waals surface area contributed by atoms with Crippen molar-refractivity contribution in [3.63, 3.8) is 0 Å². The van der Waals surface area contributed by atoms with Crippen molar-refractivity contribution in [2.45, 2.75) is 65.0 Å². The summed E-state index contributed by atoms with van der Waals surface area (Å²) >= 11 is 7.88. The Morgan fingerprint density at radius 3 is 2.45 bits per heavy atom. The number of amides is 4. The van der Waals surface area contributed by atoms with Gasteiger partial charge >= 0.3 is 0 Å². The number of aryl methyl sites for hydroxylation is 2. The second-order valence-corrected chi connectivity index (χ2v) is 16.4. The van der Waals surface area contributed by atoms with Gasteiger partial charge in [-0.25, -0.2) is 0 Å². The largest absolute Gasteiger partial charge is 0.379 e. The SMILES string of the molecule is Cc1sc2c(c1C)C(c1ccc(Cl)cc1)=N[C@@H](CC(=O)NCCOCCOCCOCCC(=O)NC1CCCN(C(=O)c3ccc4c(c3)NC(=O)C4)C1)c1nnc(C)n1-2.S. The van der Waals surface area contributed by atoms with E-state index in [9.17, 15) is 19.2 Å². The smallest absolute Gasteiger partial charge is 0.253 e. The fraction of sp³-hybridized carbons (Fsp3) is 0.452. The lowest BCUT2D eigenvalue weighted by atomic mass is 9.99. The van der Waals surface area contributed by atoms with Crippen molar-refractivity contribution < 1.29 is 33.4 Å². The summed E-state index contributed by atoms with van der Waals surface area (Å²) in [7, 11) is 0. The molecule has 5 heterocycles. The van der Waals surface area contributed by atoms with E-state index in [-0.39, 0.29) is 62.6 Å². The van der Waals surface area contributed by atoms with Crippen molar-refractivity contribution >= 4 is 71.5 Å². The molecule has 0 bridgehead atoms. The number of carbonyl (C=O) groups excluding carboxylic acids is 4. The molecule has 1 unspecified atom stereocenters. The van der Waals surface area contributed by atoms with Gasteiger partial charge in [-0.1, -0.05) is 29.8 Å². The molecule has 3 aliphatic rings. The van der Waals surface area contributed by atoms with E-state index in [4.69, 9.17) is 30.8 Å². The molecule has 0 saturated carbocycles. The van der Waals surface area contributed by atoms with E-state index >= 15 is 0 Å². The Labute approximate surface area is 365 Å².